The molecule has 17 heavy (non-hydrogen) atoms. The summed E-state index contributed by atoms with van der Waals surface area (Å²) in [5.74, 6) is 3.12. The molecule has 0 aliphatic heterocycles. The second-order valence-corrected chi connectivity index (χ2v) is 7.64. The summed E-state index contributed by atoms with van der Waals surface area (Å²) in [5.41, 5.74) is 0.899. The maximum atomic E-state index is 3.79. The maximum Gasteiger partial charge on any atom is 0.00967 e. The van der Waals surface area contributed by atoms with E-state index in [9.17, 15) is 0 Å². The van der Waals surface area contributed by atoms with E-state index in [1.54, 1.807) is 0 Å². The van der Waals surface area contributed by atoms with Crippen LogP contribution in [0.25, 0.3) is 0 Å². The molecule has 2 unspecified atom stereocenters. The normalized spacial score (nSPS) is 36.4. The van der Waals surface area contributed by atoms with E-state index in [-0.39, 0.29) is 5.54 Å². The molecular formula is C16H31N. The molecule has 0 aromatic heterocycles. The van der Waals surface area contributed by atoms with Gasteiger partial charge in [-0.25, -0.2) is 0 Å². The number of fused-ring (bicyclic) bond motifs is 1. The highest BCUT2D eigenvalue weighted by Crippen LogP contribution is 2.63. The van der Waals surface area contributed by atoms with Crippen LogP contribution in [0.4, 0.5) is 0 Å². The highest BCUT2D eigenvalue weighted by molar-refractivity contribution is 5.06. The van der Waals surface area contributed by atoms with Crippen molar-refractivity contribution in [2.75, 3.05) is 6.54 Å². The predicted octanol–water partition coefficient (Wildman–Crippen LogP) is 4.23. The molecule has 2 fully saturated rings. The van der Waals surface area contributed by atoms with Crippen LogP contribution in [-0.2, 0) is 0 Å². The van der Waals surface area contributed by atoms with Gasteiger partial charge < -0.3 is 5.32 Å². The van der Waals surface area contributed by atoms with E-state index >= 15 is 0 Å². The lowest BCUT2D eigenvalue weighted by atomic mass is 9.69. The molecule has 2 aliphatic rings. The van der Waals surface area contributed by atoms with Crippen molar-refractivity contribution in [2.24, 2.45) is 23.2 Å². The molecule has 0 aromatic carbocycles. The Morgan fingerprint density at radius 3 is 2.06 bits per heavy atom. The first-order chi connectivity index (χ1) is 7.90. The first kappa shape index (κ1) is 13.4. The standard InChI is InChI=1S/C16H31N/c1-6-14(7-2)16(11-17-15(3,4)5)9-12-8-13(12)10-16/h12-14,17H,6-11H2,1-5H3. The van der Waals surface area contributed by atoms with Gasteiger partial charge in [-0.15, -0.1) is 0 Å². The van der Waals surface area contributed by atoms with E-state index in [1.165, 1.54) is 38.6 Å². The molecule has 0 bridgehead atoms. The van der Waals surface area contributed by atoms with Crippen molar-refractivity contribution in [1.29, 1.82) is 0 Å². The molecular weight excluding hydrogens is 206 g/mol. The van der Waals surface area contributed by atoms with Crippen LogP contribution in [0.1, 0.15) is 66.7 Å². The van der Waals surface area contributed by atoms with Gasteiger partial charge in [-0.2, -0.15) is 0 Å². The average Bonchev–Trinajstić information content (AvgIpc) is 2.85. The zero-order valence-electron chi connectivity index (χ0n) is 12.5. The topological polar surface area (TPSA) is 12.0 Å². The number of hydrogen-bond donors (Lipinski definition) is 1. The zero-order chi connectivity index (χ0) is 12.7. The van der Waals surface area contributed by atoms with Gasteiger partial charge in [0.1, 0.15) is 0 Å². The Balaban J connectivity index is 2.02. The largest absolute Gasteiger partial charge is 0.312 e. The van der Waals surface area contributed by atoms with Gasteiger partial charge in [-0.05, 0) is 63.2 Å². The van der Waals surface area contributed by atoms with E-state index in [0.717, 1.165) is 17.8 Å². The van der Waals surface area contributed by atoms with Crippen LogP contribution in [0.3, 0.4) is 0 Å². The summed E-state index contributed by atoms with van der Waals surface area (Å²) in [6.45, 7) is 12.9. The first-order valence-corrected chi connectivity index (χ1v) is 7.65. The third-order valence-corrected chi connectivity index (χ3v) is 5.23. The molecule has 0 spiro atoms. The van der Waals surface area contributed by atoms with Gasteiger partial charge in [-0.1, -0.05) is 26.7 Å². The minimum Gasteiger partial charge on any atom is -0.312 e. The molecule has 1 heteroatoms. The minimum absolute atomic E-state index is 0.270. The quantitative estimate of drug-likeness (QED) is 0.754. The van der Waals surface area contributed by atoms with Crippen molar-refractivity contribution in [3.05, 3.63) is 0 Å². The Morgan fingerprint density at radius 1 is 1.12 bits per heavy atom. The Labute approximate surface area is 108 Å². The van der Waals surface area contributed by atoms with Crippen LogP contribution >= 0.6 is 0 Å². The second-order valence-electron chi connectivity index (χ2n) is 7.64. The van der Waals surface area contributed by atoms with Gasteiger partial charge >= 0.3 is 0 Å². The minimum atomic E-state index is 0.270. The maximum absolute atomic E-state index is 3.79. The predicted molar refractivity (Wildman–Crippen MR) is 75.1 cm³/mol. The third-order valence-electron chi connectivity index (χ3n) is 5.23. The lowest BCUT2D eigenvalue weighted by Gasteiger charge is -2.41. The van der Waals surface area contributed by atoms with Gasteiger partial charge in [-0.3, -0.25) is 0 Å². The van der Waals surface area contributed by atoms with E-state index in [4.69, 9.17) is 0 Å². The third kappa shape index (κ3) is 2.86. The van der Waals surface area contributed by atoms with Crippen LogP contribution in [0.2, 0.25) is 0 Å². The van der Waals surface area contributed by atoms with Crippen molar-refractivity contribution < 1.29 is 0 Å². The molecule has 1 N–H and O–H groups in total. The Bertz CT molecular complexity index is 249. The van der Waals surface area contributed by atoms with Gasteiger partial charge in [0.15, 0.2) is 0 Å². The number of nitrogens with one attached hydrogen (secondary N) is 1. The molecule has 0 amide bonds. The smallest absolute Gasteiger partial charge is 0.00967 e. The summed E-state index contributed by atoms with van der Waals surface area (Å²) in [6.07, 6.45) is 7.28. The van der Waals surface area contributed by atoms with Crippen molar-refractivity contribution in [3.8, 4) is 0 Å². The Hall–Kier alpha value is -0.0400. The average molecular weight is 237 g/mol. The summed E-state index contributed by atoms with van der Waals surface area (Å²) in [6, 6.07) is 0. The van der Waals surface area contributed by atoms with Crippen LogP contribution < -0.4 is 5.32 Å². The molecule has 0 saturated heterocycles. The van der Waals surface area contributed by atoms with Gasteiger partial charge in [0.25, 0.3) is 0 Å². The van der Waals surface area contributed by atoms with Crippen LogP contribution in [0.15, 0.2) is 0 Å². The molecule has 100 valence electrons. The molecule has 1 nitrogen and oxygen atoms in total. The molecule has 2 aliphatic carbocycles. The Kier molecular flexibility index (Phi) is 3.60. The van der Waals surface area contributed by atoms with Gasteiger partial charge in [0.05, 0.1) is 0 Å². The molecule has 2 saturated carbocycles. The summed E-state index contributed by atoms with van der Waals surface area (Å²) >= 11 is 0. The summed E-state index contributed by atoms with van der Waals surface area (Å²) in [4.78, 5) is 0. The SMILES string of the molecule is CCC(CC)C1(CNC(C)(C)C)CC2CC2C1. The summed E-state index contributed by atoms with van der Waals surface area (Å²) in [5, 5.41) is 3.79. The van der Waals surface area contributed by atoms with Crippen molar-refractivity contribution in [1.82, 2.24) is 5.32 Å². The van der Waals surface area contributed by atoms with Crippen LogP contribution in [0.5, 0.6) is 0 Å². The van der Waals surface area contributed by atoms with Crippen molar-refractivity contribution in [3.63, 3.8) is 0 Å². The fourth-order valence-corrected chi connectivity index (χ4v) is 4.16. The summed E-state index contributed by atoms with van der Waals surface area (Å²) in [7, 11) is 0. The lowest BCUT2D eigenvalue weighted by Crippen LogP contribution is -2.46. The summed E-state index contributed by atoms with van der Waals surface area (Å²) < 4.78 is 0. The van der Waals surface area contributed by atoms with Gasteiger partial charge in [0.2, 0.25) is 0 Å². The molecule has 2 atom stereocenters. The van der Waals surface area contributed by atoms with E-state index in [1.807, 2.05) is 0 Å². The van der Waals surface area contributed by atoms with Crippen LogP contribution in [-0.4, -0.2) is 12.1 Å². The molecule has 0 heterocycles. The van der Waals surface area contributed by atoms with E-state index < -0.39 is 0 Å². The first-order valence-electron chi connectivity index (χ1n) is 7.65. The number of rotatable bonds is 5. The molecule has 2 rings (SSSR count). The highest BCUT2D eigenvalue weighted by atomic mass is 15.0. The van der Waals surface area contributed by atoms with Crippen molar-refractivity contribution >= 4 is 0 Å². The van der Waals surface area contributed by atoms with E-state index in [0.29, 0.717) is 5.41 Å². The number of hydrogen-bond acceptors (Lipinski definition) is 1. The fourth-order valence-electron chi connectivity index (χ4n) is 4.16. The molecule has 0 radical (unpaired) electrons. The highest BCUT2D eigenvalue weighted by Gasteiger charge is 2.55. The van der Waals surface area contributed by atoms with Crippen molar-refractivity contribution in [2.45, 2.75) is 72.3 Å². The fraction of sp³-hybridized carbons (Fsp3) is 1.00. The monoisotopic (exact) mass is 237 g/mol. The lowest BCUT2D eigenvalue weighted by molar-refractivity contribution is 0.120. The van der Waals surface area contributed by atoms with Crippen LogP contribution in [0, 0.1) is 23.2 Å². The van der Waals surface area contributed by atoms with E-state index in [2.05, 4.69) is 39.9 Å². The zero-order valence-corrected chi connectivity index (χ0v) is 12.5. The Morgan fingerprint density at radius 2 is 1.65 bits per heavy atom. The molecule has 0 aromatic rings. The second kappa shape index (κ2) is 4.57. The van der Waals surface area contributed by atoms with Gasteiger partial charge in [0, 0.05) is 12.1 Å².